The number of aryl methyl sites for hydroxylation is 1. The third kappa shape index (κ3) is 3.38. The molecule has 1 aliphatic rings. The number of hydrogen-bond donors (Lipinski definition) is 2. The van der Waals surface area contributed by atoms with Crippen LogP contribution in [-0.2, 0) is 9.53 Å². The van der Waals surface area contributed by atoms with Crippen LogP contribution in [0.25, 0.3) is 0 Å². The molecule has 0 saturated carbocycles. The molecule has 0 radical (unpaired) electrons. The highest BCUT2D eigenvalue weighted by molar-refractivity contribution is 7.16. The summed E-state index contributed by atoms with van der Waals surface area (Å²) in [6.45, 7) is 7.80. The summed E-state index contributed by atoms with van der Waals surface area (Å²) in [6.07, 6.45) is 0.406. The Labute approximate surface area is 144 Å². The summed E-state index contributed by atoms with van der Waals surface area (Å²) in [5.74, 6) is -1.38. The van der Waals surface area contributed by atoms with E-state index in [1.54, 1.807) is 13.8 Å². The van der Waals surface area contributed by atoms with Crippen LogP contribution in [0.2, 0.25) is 0 Å². The highest BCUT2D eigenvalue weighted by Gasteiger charge is 2.42. The smallest absolute Gasteiger partial charge is 0.341 e. The van der Waals surface area contributed by atoms with Gasteiger partial charge in [0.2, 0.25) is 0 Å². The van der Waals surface area contributed by atoms with Gasteiger partial charge in [-0.3, -0.25) is 10.1 Å². The maximum absolute atomic E-state index is 12.5. The fourth-order valence-electron chi connectivity index (χ4n) is 2.65. The van der Waals surface area contributed by atoms with Crippen LogP contribution in [0.4, 0.5) is 9.80 Å². The molecule has 24 heavy (non-hydrogen) atoms. The SMILES string of the molecule is CCOC(=O)c1c(NC(=O)N2CCC(C)(C(=O)O)C2)sc(C)c1C. The molecule has 132 valence electrons. The van der Waals surface area contributed by atoms with Crippen molar-refractivity contribution in [1.82, 2.24) is 4.90 Å². The molecule has 1 aliphatic heterocycles. The summed E-state index contributed by atoms with van der Waals surface area (Å²) in [5, 5.41) is 12.4. The quantitative estimate of drug-likeness (QED) is 0.811. The maximum atomic E-state index is 12.5. The van der Waals surface area contributed by atoms with E-state index in [2.05, 4.69) is 5.32 Å². The van der Waals surface area contributed by atoms with Crippen molar-refractivity contribution >= 4 is 34.3 Å². The van der Waals surface area contributed by atoms with Gasteiger partial charge in [-0.05, 0) is 39.7 Å². The topological polar surface area (TPSA) is 95.9 Å². The number of thiophene rings is 1. The zero-order valence-corrected chi connectivity index (χ0v) is 15.1. The van der Waals surface area contributed by atoms with E-state index < -0.39 is 23.4 Å². The molecule has 7 nitrogen and oxygen atoms in total. The summed E-state index contributed by atoms with van der Waals surface area (Å²) in [5.41, 5.74) is 0.223. The molecule has 2 N–H and O–H groups in total. The molecular weight excluding hydrogens is 332 g/mol. The van der Waals surface area contributed by atoms with Crippen LogP contribution in [-0.4, -0.2) is 47.7 Å². The number of anilines is 1. The predicted molar refractivity (Wildman–Crippen MR) is 90.7 cm³/mol. The third-order valence-electron chi connectivity index (χ3n) is 4.36. The van der Waals surface area contributed by atoms with E-state index >= 15 is 0 Å². The van der Waals surface area contributed by atoms with Gasteiger partial charge in [-0.25, -0.2) is 9.59 Å². The van der Waals surface area contributed by atoms with Crippen LogP contribution in [0.5, 0.6) is 0 Å². The maximum Gasteiger partial charge on any atom is 0.341 e. The van der Waals surface area contributed by atoms with Crippen molar-refractivity contribution in [2.75, 3.05) is 25.0 Å². The molecule has 2 amide bonds. The number of carbonyl (C=O) groups excluding carboxylic acids is 2. The molecule has 0 aromatic carbocycles. The summed E-state index contributed by atoms with van der Waals surface area (Å²) in [4.78, 5) is 38.3. The first kappa shape index (κ1) is 18.3. The molecule has 1 fully saturated rings. The first-order valence-electron chi connectivity index (χ1n) is 7.76. The second kappa shape index (κ2) is 6.80. The molecule has 2 heterocycles. The normalized spacial score (nSPS) is 20.1. The Morgan fingerprint density at radius 3 is 2.58 bits per heavy atom. The molecule has 1 unspecified atom stereocenters. The minimum atomic E-state index is -0.928. The Bertz CT molecular complexity index is 684. The van der Waals surface area contributed by atoms with Crippen molar-refractivity contribution < 1.29 is 24.2 Å². The first-order valence-corrected chi connectivity index (χ1v) is 8.57. The van der Waals surface area contributed by atoms with Crippen LogP contribution >= 0.6 is 11.3 Å². The highest BCUT2D eigenvalue weighted by Crippen LogP contribution is 2.35. The number of esters is 1. The van der Waals surface area contributed by atoms with E-state index in [-0.39, 0.29) is 13.2 Å². The molecule has 0 aliphatic carbocycles. The van der Waals surface area contributed by atoms with Crippen LogP contribution < -0.4 is 5.32 Å². The van der Waals surface area contributed by atoms with Crippen molar-refractivity contribution in [3.05, 3.63) is 16.0 Å². The second-order valence-electron chi connectivity index (χ2n) is 6.18. The number of carbonyl (C=O) groups is 3. The van der Waals surface area contributed by atoms with Crippen molar-refractivity contribution in [2.45, 2.75) is 34.1 Å². The third-order valence-corrected chi connectivity index (χ3v) is 5.48. The number of nitrogens with one attached hydrogen (secondary N) is 1. The number of rotatable bonds is 4. The lowest BCUT2D eigenvalue weighted by Gasteiger charge is -2.20. The van der Waals surface area contributed by atoms with Gasteiger partial charge in [0.1, 0.15) is 5.00 Å². The molecule has 1 aromatic rings. The standard InChI is InChI=1S/C16H22N2O5S/c1-5-23-13(19)11-9(2)10(3)24-12(11)17-15(22)18-7-6-16(4,8-18)14(20)21/h5-8H2,1-4H3,(H,17,22)(H,20,21). The molecule has 1 atom stereocenters. The largest absolute Gasteiger partial charge is 0.481 e. The molecule has 0 bridgehead atoms. The number of hydrogen-bond acceptors (Lipinski definition) is 5. The van der Waals surface area contributed by atoms with Crippen molar-refractivity contribution in [3.8, 4) is 0 Å². The van der Waals surface area contributed by atoms with Crippen molar-refractivity contribution in [3.63, 3.8) is 0 Å². The Balaban J connectivity index is 2.17. The summed E-state index contributed by atoms with van der Waals surface area (Å²) in [6, 6.07) is -0.397. The lowest BCUT2D eigenvalue weighted by atomic mass is 9.90. The van der Waals surface area contributed by atoms with Gasteiger partial charge in [0.05, 0.1) is 17.6 Å². The molecule has 1 saturated heterocycles. The summed E-state index contributed by atoms with van der Waals surface area (Å²) in [7, 11) is 0. The zero-order chi connectivity index (χ0) is 18.1. The monoisotopic (exact) mass is 354 g/mol. The number of amides is 2. The van der Waals surface area contributed by atoms with E-state index in [0.29, 0.717) is 23.5 Å². The van der Waals surface area contributed by atoms with Crippen LogP contribution in [0.3, 0.4) is 0 Å². The molecule has 2 rings (SSSR count). The van der Waals surface area contributed by atoms with E-state index in [1.807, 2.05) is 13.8 Å². The first-order chi connectivity index (χ1) is 11.2. The second-order valence-corrected chi connectivity index (χ2v) is 7.40. The average Bonchev–Trinajstić information content (AvgIpc) is 3.02. The molecule has 8 heteroatoms. The Kier molecular flexibility index (Phi) is 5.17. The lowest BCUT2D eigenvalue weighted by molar-refractivity contribution is -0.146. The number of likely N-dealkylation sites (tertiary alicyclic amines) is 1. The summed E-state index contributed by atoms with van der Waals surface area (Å²) < 4.78 is 5.06. The summed E-state index contributed by atoms with van der Waals surface area (Å²) >= 11 is 1.31. The number of aliphatic carboxylic acids is 1. The van der Waals surface area contributed by atoms with Gasteiger partial charge in [-0.1, -0.05) is 0 Å². The van der Waals surface area contributed by atoms with E-state index in [0.717, 1.165) is 10.4 Å². The number of nitrogens with zero attached hydrogens (tertiary/aromatic N) is 1. The number of ether oxygens (including phenoxy) is 1. The number of urea groups is 1. The van der Waals surface area contributed by atoms with E-state index in [9.17, 15) is 19.5 Å². The van der Waals surface area contributed by atoms with Gasteiger partial charge >= 0.3 is 18.0 Å². The number of carboxylic acid groups (broad SMARTS) is 1. The van der Waals surface area contributed by atoms with Gasteiger partial charge in [0.15, 0.2) is 0 Å². The molecule has 0 spiro atoms. The molecular formula is C16H22N2O5S. The van der Waals surface area contributed by atoms with Gasteiger partial charge < -0.3 is 14.7 Å². The van der Waals surface area contributed by atoms with Gasteiger partial charge in [-0.15, -0.1) is 11.3 Å². The van der Waals surface area contributed by atoms with Crippen molar-refractivity contribution in [1.29, 1.82) is 0 Å². The van der Waals surface area contributed by atoms with Gasteiger partial charge in [-0.2, -0.15) is 0 Å². The van der Waals surface area contributed by atoms with Gasteiger partial charge in [0.25, 0.3) is 0 Å². The predicted octanol–water partition coefficient (Wildman–Crippen LogP) is 2.87. The zero-order valence-electron chi connectivity index (χ0n) is 14.3. The van der Waals surface area contributed by atoms with E-state index in [4.69, 9.17) is 4.74 Å². The number of carboxylic acids is 1. The fourth-order valence-corrected chi connectivity index (χ4v) is 3.69. The van der Waals surface area contributed by atoms with Gasteiger partial charge in [0, 0.05) is 18.0 Å². The van der Waals surface area contributed by atoms with Crippen LogP contribution in [0, 0.1) is 19.3 Å². The van der Waals surface area contributed by atoms with Crippen LogP contribution in [0.15, 0.2) is 0 Å². The van der Waals surface area contributed by atoms with Crippen LogP contribution in [0.1, 0.15) is 41.1 Å². The Hall–Kier alpha value is -2.09. The average molecular weight is 354 g/mol. The Morgan fingerprint density at radius 1 is 1.38 bits per heavy atom. The lowest BCUT2D eigenvalue weighted by Crippen LogP contribution is -2.37. The molecule has 1 aromatic heterocycles. The minimum Gasteiger partial charge on any atom is -0.481 e. The van der Waals surface area contributed by atoms with E-state index in [1.165, 1.54) is 16.2 Å². The van der Waals surface area contributed by atoms with Crippen molar-refractivity contribution in [2.24, 2.45) is 5.41 Å². The Morgan fingerprint density at radius 2 is 2.04 bits per heavy atom. The highest BCUT2D eigenvalue weighted by atomic mass is 32.1. The minimum absolute atomic E-state index is 0.145. The fraction of sp³-hybridized carbons (Fsp3) is 0.562.